The van der Waals surface area contributed by atoms with Gasteiger partial charge in [0.1, 0.15) is 0 Å². The molecule has 7 nitrogen and oxygen atoms in total. The van der Waals surface area contributed by atoms with Crippen molar-refractivity contribution in [2.75, 3.05) is 45.8 Å². The molecule has 2 atom stereocenters. The molecule has 1 aliphatic carbocycles. The number of hydrogen-bond acceptors (Lipinski definition) is 4. The van der Waals surface area contributed by atoms with Gasteiger partial charge in [0, 0.05) is 45.2 Å². The van der Waals surface area contributed by atoms with Gasteiger partial charge in [0.05, 0.1) is 12.5 Å². The molecule has 0 unspecified atom stereocenters. The minimum atomic E-state index is -0.782. The number of carboxylic acid groups (broad SMARTS) is 1. The smallest absolute Gasteiger partial charge is 0.306 e. The Balaban J connectivity index is 1.42. The predicted molar refractivity (Wildman–Crippen MR) is 87.3 cm³/mol. The van der Waals surface area contributed by atoms with Crippen LogP contribution < -0.4 is 0 Å². The topological polar surface area (TPSA) is 81.2 Å². The second-order valence-electron chi connectivity index (χ2n) is 7.23. The average Bonchev–Trinajstić information content (AvgIpc) is 3.26. The van der Waals surface area contributed by atoms with Gasteiger partial charge in [-0.25, -0.2) is 0 Å². The third-order valence-corrected chi connectivity index (χ3v) is 5.63. The van der Waals surface area contributed by atoms with Crippen molar-refractivity contribution in [1.82, 2.24) is 14.7 Å². The van der Waals surface area contributed by atoms with Crippen LogP contribution in [0.2, 0.25) is 0 Å². The summed E-state index contributed by atoms with van der Waals surface area (Å²) in [7, 11) is 0. The molecule has 2 aliphatic heterocycles. The van der Waals surface area contributed by atoms with Crippen molar-refractivity contribution in [3.05, 3.63) is 0 Å². The van der Waals surface area contributed by atoms with E-state index in [9.17, 15) is 14.4 Å². The number of carbonyl (C=O) groups excluding carboxylic acids is 2. The maximum atomic E-state index is 12.5. The molecule has 1 saturated carbocycles. The Kier molecular flexibility index (Phi) is 5.38. The van der Waals surface area contributed by atoms with Crippen LogP contribution in [0.3, 0.4) is 0 Å². The maximum Gasteiger partial charge on any atom is 0.306 e. The summed E-state index contributed by atoms with van der Waals surface area (Å²) in [5, 5.41) is 9.06. The van der Waals surface area contributed by atoms with Crippen LogP contribution in [0.25, 0.3) is 0 Å². The molecule has 3 aliphatic rings. The standard InChI is InChI=1S/C17H27N3O4/c21-15(19-5-1-2-6-19)12-18-7-9-20(10-8-18)16(22)13-3-4-14(11-13)17(23)24/h13-14H,1-12H2,(H,23,24)/t13-,14+/m0/s1. The number of hydrogen-bond donors (Lipinski definition) is 1. The monoisotopic (exact) mass is 337 g/mol. The third-order valence-electron chi connectivity index (χ3n) is 5.63. The summed E-state index contributed by atoms with van der Waals surface area (Å²) in [6.45, 7) is 4.93. The van der Waals surface area contributed by atoms with Gasteiger partial charge in [-0.3, -0.25) is 19.3 Å². The van der Waals surface area contributed by atoms with Gasteiger partial charge in [-0.15, -0.1) is 0 Å². The van der Waals surface area contributed by atoms with Crippen molar-refractivity contribution < 1.29 is 19.5 Å². The number of carbonyl (C=O) groups is 3. The van der Waals surface area contributed by atoms with Crippen molar-refractivity contribution in [3.63, 3.8) is 0 Å². The summed E-state index contributed by atoms with van der Waals surface area (Å²) >= 11 is 0. The SMILES string of the molecule is O=C(O)[C@@H]1CC[C@H](C(=O)N2CCN(CC(=O)N3CCCC3)CC2)C1. The molecular formula is C17H27N3O4. The van der Waals surface area contributed by atoms with Gasteiger partial charge < -0.3 is 14.9 Å². The molecular weight excluding hydrogens is 310 g/mol. The summed E-state index contributed by atoms with van der Waals surface area (Å²) in [6, 6.07) is 0. The molecule has 7 heteroatoms. The van der Waals surface area contributed by atoms with Gasteiger partial charge in [-0.2, -0.15) is 0 Å². The fourth-order valence-electron chi connectivity index (χ4n) is 4.07. The molecule has 0 bridgehead atoms. The second-order valence-corrected chi connectivity index (χ2v) is 7.23. The van der Waals surface area contributed by atoms with Gasteiger partial charge in [0.15, 0.2) is 0 Å². The Morgan fingerprint density at radius 3 is 2.04 bits per heavy atom. The van der Waals surface area contributed by atoms with E-state index in [0.717, 1.165) is 39.0 Å². The lowest BCUT2D eigenvalue weighted by Crippen LogP contribution is -2.52. The fraction of sp³-hybridized carbons (Fsp3) is 0.824. The van der Waals surface area contributed by atoms with E-state index in [-0.39, 0.29) is 23.7 Å². The third kappa shape index (κ3) is 3.88. The highest BCUT2D eigenvalue weighted by Gasteiger charge is 2.36. The van der Waals surface area contributed by atoms with Crippen LogP contribution in [0.5, 0.6) is 0 Å². The molecule has 3 fully saturated rings. The average molecular weight is 337 g/mol. The lowest BCUT2D eigenvalue weighted by Gasteiger charge is -2.36. The molecule has 0 aromatic rings. The first-order valence-electron chi connectivity index (χ1n) is 9.06. The van der Waals surface area contributed by atoms with Crippen molar-refractivity contribution in [1.29, 1.82) is 0 Å². The number of carboxylic acids is 1. The lowest BCUT2D eigenvalue weighted by molar-refractivity contribution is -0.141. The van der Waals surface area contributed by atoms with Gasteiger partial charge in [-0.05, 0) is 32.1 Å². The van der Waals surface area contributed by atoms with E-state index in [2.05, 4.69) is 4.90 Å². The molecule has 1 N–H and O–H groups in total. The van der Waals surface area contributed by atoms with Crippen LogP contribution in [0, 0.1) is 11.8 Å². The van der Waals surface area contributed by atoms with E-state index in [0.29, 0.717) is 38.9 Å². The molecule has 0 spiro atoms. The summed E-state index contributed by atoms with van der Waals surface area (Å²) in [6.07, 6.45) is 3.97. The highest BCUT2D eigenvalue weighted by atomic mass is 16.4. The molecule has 2 heterocycles. The molecule has 2 amide bonds. The van der Waals surface area contributed by atoms with E-state index in [1.807, 2.05) is 9.80 Å². The number of rotatable bonds is 4. The van der Waals surface area contributed by atoms with Gasteiger partial charge in [-0.1, -0.05) is 0 Å². The Labute approximate surface area is 142 Å². The summed E-state index contributed by atoms with van der Waals surface area (Å²) in [5.74, 6) is -0.977. The molecule has 24 heavy (non-hydrogen) atoms. The Morgan fingerprint density at radius 2 is 1.46 bits per heavy atom. The molecule has 0 radical (unpaired) electrons. The van der Waals surface area contributed by atoms with E-state index in [1.54, 1.807) is 0 Å². The number of piperazine rings is 1. The van der Waals surface area contributed by atoms with Crippen LogP contribution in [0.4, 0.5) is 0 Å². The summed E-state index contributed by atoms with van der Waals surface area (Å²) in [5.41, 5.74) is 0. The van der Waals surface area contributed by atoms with Gasteiger partial charge in [0.2, 0.25) is 11.8 Å². The van der Waals surface area contributed by atoms with E-state index in [1.165, 1.54) is 0 Å². The molecule has 3 rings (SSSR count). The van der Waals surface area contributed by atoms with Gasteiger partial charge in [0.25, 0.3) is 0 Å². The van der Waals surface area contributed by atoms with Gasteiger partial charge >= 0.3 is 5.97 Å². The number of likely N-dealkylation sites (tertiary alicyclic amines) is 1. The highest BCUT2D eigenvalue weighted by Crippen LogP contribution is 2.32. The summed E-state index contributed by atoms with van der Waals surface area (Å²) in [4.78, 5) is 41.7. The molecule has 134 valence electrons. The zero-order valence-electron chi connectivity index (χ0n) is 14.2. The molecule has 0 aromatic heterocycles. The van der Waals surface area contributed by atoms with E-state index in [4.69, 9.17) is 5.11 Å². The first-order valence-corrected chi connectivity index (χ1v) is 9.06. The fourth-order valence-corrected chi connectivity index (χ4v) is 4.07. The highest BCUT2D eigenvalue weighted by molar-refractivity contribution is 5.81. The van der Waals surface area contributed by atoms with Crippen LogP contribution in [-0.2, 0) is 14.4 Å². The largest absolute Gasteiger partial charge is 0.481 e. The minimum Gasteiger partial charge on any atom is -0.481 e. The molecule has 2 saturated heterocycles. The maximum absolute atomic E-state index is 12.5. The molecule has 0 aromatic carbocycles. The van der Waals surface area contributed by atoms with Crippen molar-refractivity contribution in [2.24, 2.45) is 11.8 Å². The quantitative estimate of drug-likeness (QED) is 0.795. The van der Waals surface area contributed by atoms with Crippen LogP contribution in [0.15, 0.2) is 0 Å². The minimum absolute atomic E-state index is 0.101. The second kappa shape index (κ2) is 7.51. The van der Waals surface area contributed by atoms with Crippen molar-refractivity contribution in [2.45, 2.75) is 32.1 Å². The zero-order chi connectivity index (χ0) is 17.1. The first-order chi connectivity index (χ1) is 11.5. The van der Waals surface area contributed by atoms with E-state index >= 15 is 0 Å². The lowest BCUT2D eigenvalue weighted by atomic mass is 10.0. The summed E-state index contributed by atoms with van der Waals surface area (Å²) < 4.78 is 0. The van der Waals surface area contributed by atoms with E-state index < -0.39 is 5.97 Å². The number of aliphatic carboxylic acids is 1. The van der Waals surface area contributed by atoms with Crippen LogP contribution in [0.1, 0.15) is 32.1 Å². The van der Waals surface area contributed by atoms with Crippen molar-refractivity contribution >= 4 is 17.8 Å². The number of nitrogens with zero attached hydrogens (tertiary/aromatic N) is 3. The number of amides is 2. The Morgan fingerprint density at radius 1 is 0.833 bits per heavy atom. The Bertz CT molecular complexity index is 496. The first kappa shape index (κ1) is 17.2. The Hall–Kier alpha value is -1.63. The normalized spacial score (nSPS) is 28.3. The zero-order valence-corrected chi connectivity index (χ0v) is 14.2. The van der Waals surface area contributed by atoms with Crippen molar-refractivity contribution in [3.8, 4) is 0 Å². The van der Waals surface area contributed by atoms with Crippen LogP contribution >= 0.6 is 0 Å². The predicted octanol–water partition coefficient (Wildman–Crippen LogP) is 0.254. The van der Waals surface area contributed by atoms with Crippen LogP contribution in [-0.4, -0.2) is 83.4 Å².